The largest absolute Gasteiger partial charge is 0.465 e. The van der Waals surface area contributed by atoms with Crippen LogP contribution in [0.4, 0.5) is 0 Å². The molecule has 0 aliphatic heterocycles. The molecule has 0 aromatic heterocycles. The van der Waals surface area contributed by atoms with Gasteiger partial charge in [0.05, 0.1) is 13.0 Å². The lowest BCUT2D eigenvalue weighted by molar-refractivity contribution is -0.142. The Morgan fingerprint density at radius 3 is 3.15 bits per heavy atom. The Morgan fingerprint density at radius 2 is 2.54 bits per heavy atom. The van der Waals surface area contributed by atoms with E-state index in [1.807, 2.05) is 18.2 Å². The van der Waals surface area contributed by atoms with Gasteiger partial charge in [-0.2, -0.15) is 0 Å². The summed E-state index contributed by atoms with van der Waals surface area (Å²) in [7, 11) is 0. The van der Waals surface area contributed by atoms with Crippen molar-refractivity contribution in [2.24, 2.45) is 0 Å². The molecule has 2 nitrogen and oxygen atoms in total. The second kappa shape index (κ2) is 5.36. The first kappa shape index (κ1) is 9.78. The molecule has 0 atom stereocenters. The highest BCUT2D eigenvalue weighted by Crippen LogP contribution is 2.14. The van der Waals surface area contributed by atoms with E-state index >= 15 is 0 Å². The lowest BCUT2D eigenvalue weighted by Gasteiger charge is -2.02. The predicted molar refractivity (Wildman–Crippen MR) is 52.2 cm³/mol. The van der Waals surface area contributed by atoms with Crippen LogP contribution in [0.5, 0.6) is 0 Å². The average Bonchev–Trinajstić information content (AvgIpc) is 2.57. The number of carbonyl (C=O) groups excluding carboxylic acids is 1. The fourth-order valence-electron chi connectivity index (χ4n) is 1.12. The minimum Gasteiger partial charge on any atom is -0.465 e. The molecule has 1 aliphatic carbocycles. The molecule has 0 spiro atoms. The molecule has 0 aromatic rings. The Labute approximate surface area is 78.6 Å². The minimum absolute atomic E-state index is 0.142. The van der Waals surface area contributed by atoms with Crippen LogP contribution in [0.3, 0.4) is 0 Å². The monoisotopic (exact) mass is 178 g/mol. The Kier molecular flexibility index (Phi) is 4.03. The molecule has 0 N–H and O–H groups in total. The number of esters is 1. The molecule has 70 valence electrons. The molecule has 0 radical (unpaired) electrons. The van der Waals surface area contributed by atoms with Gasteiger partial charge in [-0.05, 0) is 12.8 Å². The van der Waals surface area contributed by atoms with Gasteiger partial charge in [0.15, 0.2) is 0 Å². The summed E-state index contributed by atoms with van der Waals surface area (Å²) >= 11 is 0. The van der Waals surface area contributed by atoms with Crippen molar-refractivity contribution in [1.82, 2.24) is 0 Å². The molecule has 0 saturated carbocycles. The molecule has 0 bridgehead atoms. The van der Waals surface area contributed by atoms with Crippen molar-refractivity contribution in [2.75, 3.05) is 6.61 Å². The summed E-state index contributed by atoms with van der Waals surface area (Å²) in [6, 6.07) is 0. The number of carbonyl (C=O) groups is 1. The minimum atomic E-state index is -0.142. The quantitative estimate of drug-likeness (QED) is 0.367. The Morgan fingerprint density at radius 1 is 1.69 bits per heavy atom. The van der Waals surface area contributed by atoms with E-state index in [2.05, 4.69) is 6.58 Å². The summed E-state index contributed by atoms with van der Waals surface area (Å²) in [6.07, 6.45) is 9.74. The van der Waals surface area contributed by atoms with Gasteiger partial charge in [-0.1, -0.05) is 29.9 Å². The zero-order valence-corrected chi connectivity index (χ0v) is 7.66. The van der Waals surface area contributed by atoms with Gasteiger partial charge in [0.25, 0.3) is 0 Å². The topological polar surface area (TPSA) is 26.3 Å². The molecule has 1 aliphatic rings. The van der Waals surface area contributed by atoms with Crippen LogP contribution in [0, 0.1) is 0 Å². The molecular formula is C11H14O2. The van der Waals surface area contributed by atoms with Crippen LogP contribution in [0.15, 0.2) is 36.5 Å². The molecule has 1 rings (SSSR count). The Hall–Kier alpha value is -1.31. The third kappa shape index (κ3) is 3.74. The van der Waals surface area contributed by atoms with Gasteiger partial charge >= 0.3 is 5.97 Å². The number of rotatable bonds is 5. The van der Waals surface area contributed by atoms with E-state index in [1.165, 1.54) is 0 Å². The SMILES string of the molecule is C=CCCOC(=O)CC1=CC=CC1. The van der Waals surface area contributed by atoms with E-state index in [1.54, 1.807) is 6.08 Å². The molecule has 0 unspecified atom stereocenters. The lowest BCUT2D eigenvalue weighted by atomic mass is 10.2. The summed E-state index contributed by atoms with van der Waals surface area (Å²) in [6.45, 7) is 4.00. The number of hydrogen-bond acceptors (Lipinski definition) is 2. The van der Waals surface area contributed by atoms with E-state index in [-0.39, 0.29) is 5.97 Å². The van der Waals surface area contributed by atoms with Gasteiger partial charge in [0, 0.05) is 0 Å². The molecule has 0 amide bonds. The van der Waals surface area contributed by atoms with Crippen LogP contribution in [0.25, 0.3) is 0 Å². The maximum atomic E-state index is 11.1. The Balaban J connectivity index is 2.14. The molecule has 0 fully saturated rings. The first-order chi connectivity index (χ1) is 6.33. The van der Waals surface area contributed by atoms with Crippen molar-refractivity contribution >= 4 is 5.97 Å². The molecular weight excluding hydrogens is 164 g/mol. The van der Waals surface area contributed by atoms with Crippen LogP contribution < -0.4 is 0 Å². The smallest absolute Gasteiger partial charge is 0.309 e. The average molecular weight is 178 g/mol. The van der Waals surface area contributed by atoms with Gasteiger partial charge in [0.2, 0.25) is 0 Å². The summed E-state index contributed by atoms with van der Waals surface area (Å²) < 4.78 is 4.97. The van der Waals surface area contributed by atoms with Gasteiger partial charge < -0.3 is 4.74 Å². The molecule has 0 aromatic carbocycles. The highest BCUT2D eigenvalue weighted by atomic mass is 16.5. The van der Waals surface area contributed by atoms with Crippen molar-refractivity contribution in [3.63, 3.8) is 0 Å². The van der Waals surface area contributed by atoms with Gasteiger partial charge in [-0.25, -0.2) is 0 Å². The third-order valence-corrected chi connectivity index (χ3v) is 1.80. The predicted octanol–water partition coefficient (Wildman–Crippen LogP) is 2.38. The summed E-state index contributed by atoms with van der Waals surface area (Å²) in [5.74, 6) is -0.142. The number of allylic oxidation sites excluding steroid dienone is 3. The third-order valence-electron chi connectivity index (χ3n) is 1.80. The number of hydrogen-bond donors (Lipinski definition) is 0. The normalized spacial score (nSPS) is 14.0. The first-order valence-electron chi connectivity index (χ1n) is 4.44. The van der Waals surface area contributed by atoms with Crippen molar-refractivity contribution < 1.29 is 9.53 Å². The van der Waals surface area contributed by atoms with E-state index in [4.69, 9.17) is 4.74 Å². The van der Waals surface area contributed by atoms with Crippen LogP contribution in [-0.4, -0.2) is 12.6 Å². The molecule has 2 heteroatoms. The van der Waals surface area contributed by atoms with Crippen molar-refractivity contribution in [1.29, 1.82) is 0 Å². The van der Waals surface area contributed by atoms with Crippen molar-refractivity contribution in [2.45, 2.75) is 19.3 Å². The summed E-state index contributed by atoms with van der Waals surface area (Å²) in [5, 5.41) is 0. The van der Waals surface area contributed by atoms with E-state index in [0.29, 0.717) is 13.0 Å². The maximum absolute atomic E-state index is 11.1. The highest BCUT2D eigenvalue weighted by Gasteiger charge is 2.07. The zero-order valence-electron chi connectivity index (χ0n) is 7.66. The fourth-order valence-corrected chi connectivity index (χ4v) is 1.12. The van der Waals surface area contributed by atoms with Gasteiger partial charge in [0.1, 0.15) is 0 Å². The van der Waals surface area contributed by atoms with Crippen LogP contribution in [0.2, 0.25) is 0 Å². The van der Waals surface area contributed by atoms with Gasteiger partial charge in [-0.15, -0.1) is 6.58 Å². The van der Waals surface area contributed by atoms with Crippen LogP contribution in [0.1, 0.15) is 19.3 Å². The highest BCUT2D eigenvalue weighted by molar-refractivity contribution is 5.72. The molecule has 0 saturated heterocycles. The summed E-state index contributed by atoms with van der Waals surface area (Å²) in [5.41, 5.74) is 1.13. The van der Waals surface area contributed by atoms with Crippen molar-refractivity contribution in [3.05, 3.63) is 36.5 Å². The van der Waals surface area contributed by atoms with E-state index in [0.717, 1.165) is 18.4 Å². The second-order valence-corrected chi connectivity index (χ2v) is 2.93. The van der Waals surface area contributed by atoms with Crippen LogP contribution >= 0.6 is 0 Å². The maximum Gasteiger partial charge on any atom is 0.309 e. The second-order valence-electron chi connectivity index (χ2n) is 2.93. The summed E-state index contributed by atoms with van der Waals surface area (Å²) in [4.78, 5) is 11.1. The standard InChI is InChI=1S/C11H14O2/c1-2-3-8-13-11(12)9-10-6-4-5-7-10/h2,4-6H,1,3,7-9H2. The molecule has 0 heterocycles. The zero-order chi connectivity index (χ0) is 9.52. The van der Waals surface area contributed by atoms with Crippen molar-refractivity contribution in [3.8, 4) is 0 Å². The fraction of sp³-hybridized carbons (Fsp3) is 0.364. The Bertz CT molecular complexity index is 249. The van der Waals surface area contributed by atoms with Gasteiger partial charge in [-0.3, -0.25) is 4.79 Å². The lowest BCUT2D eigenvalue weighted by Crippen LogP contribution is -2.05. The van der Waals surface area contributed by atoms with Crippen LogP contribution in [-0.2, 0) is 9.53 Å². The van der Waals surface area contributed by atoms with E-state index < -0.39 is 0 Å². The molecule has 13 heavy (non-hydrogen) atoms. The van der Waals surface area contributed by atoms with E-state index in [9.17, 15) is 4.79 Å². The number of ether oxygens (including phenoxy) is 1. The first-order valence-corrected chi connectivity index (χ1v) is 4.44.